The van der Waals surface area contributed by atoms with E-state index >= 15 is 0 Å². The number of nitrogens with one attached hydrogen (secondary N) is 2. The van der Waals surface area contributed by atoms with E-state index in [4.69, 9.17) is 4.74 Å². The summed E-state index contributed by atoms with van der Waals surface area (Å²) in [5.41, 5.74) is 0.959. The van der Waals surface area contributed by atoms with Crippen LogP contribution in [0.1, 0.15) is 44.6 Å². The molecule has 1 aliphatic rings. The van der Waals surface area contributed by atoms with E-state index in [1.54, 1.807) is 7.11 Å². The van der Waals surface area contributed by atoms with Crippen LogP contribution in [0.2, 0.25) is 0 Å². The molecular weight excluding hydrogens is 380 g/mol. The number of nitrogens with zero attached hydrogens (tertiary/aromatic N) is 2. The molecule has 1 saturated carbocycles. The van der Waals surface area contributed by atoms with E-state index in [0.29, 0.717) is 12.6 Å². The summed E-state index contributed by atoms with van der Waals surface area (Å²) < 4.78 is 6.13. The number of ether oxygens (including phenoxy) is 1. The maximum atomic E-state index is 12.4. The molecule has 1 unspecified atom stereocenters. The predicted molar refractivity (Wildman–Crippen MR) is 111 cm³/mol. The van der Waals surface area contributed by atoms with Crippen LogP contribution in [-0.4, -0.2) is 34.5 Å². The largest absolute Gasteiger partial charge is 0.496 e. The number of aromatic nitrogens is 2. The van der Waals surface area contributed by atoms with Gasteiger partial charge in [-0.15, -0.1) is 10.2 Å². The van der Waals surface area contributed by atoms with E-state index in [0.717, 1.165) is 20.8 Å². The van der Waals surface area contributed by atoms with Crippen LogP contribution < -0.4 is 15.4 Å². The van der Waals surface area contributed by atoms with Gasteiger partial charge in [0.1, 0.15) is 5.75 Å². The molecule has 1 amide bonds. The summed E-state index contributed by atoms with van der Waals surface area (Å²) in [5, 5.41) is 15.5. The van der Waals surface area contributed by atoms with Crippen LogP contribution in [0.3, 0.4) is 0 Å². The van der Waals surface area contributed by atoms with Crippen LogP contribution in [-0.2, 0) is 11.3 Å². The monoisotopic (exact) mass is 406 g/mol. The van der Waals surface area contributed by atoms with Gasteiger partial charge in [-0.25, -0.2) is 0 Å². The quantitative estimate of drug-likeness (QED) is 0.643. The van der Waals surface area contributed by atoms with Gasteiger partial charge in [0.2, 0.25) is 11.0 Å². The number of carbonyl (C=O) groups excluding carboxylic acids is 1. The molecule has 8 heteroatoms. The molecule has 1 fully saturated rings. The van der Waals surface area contributed by atoms with Crippen molar-refractivity contribution >= 4 is 34.1 Å². The van der Waals surface area contributed by atoms with Crippen LogP contribution >= 0.6 is 23.1 Å². The molecule has 1 aromatic heterocycles. The fourth-order valence-electron chi connectivity index (χ4n) is 3.12. The van der Waals surface area contributed by atoms with Crippen molar-refractivity contribution in [2.75, 3.05) is 12.4 Å². The molecule has 1 aromatic carbocycles. The van der Waals surface area contributed by atoms with Crippen molar-refractivity contribution in [3.05, 3.63) is 29.8 Å². The molecule has 0 saturated heterocycles. The Morgan fingerprint density at radius 1 is 1.30 bits per heavy atom. The molecule has 2 N–H and O–H groups in total. The van der Waals surface area contributed by atoms with Gasteiger partial charge in [0.05, 0.1) is 12.4 Å². The number of hydrogen-bond donors (Lipinski definition) is 2. The summed E-state index contributed by atoms with van der Waals surface area (Å²) in [4.78, 5) is 12.4. The number of para-hydroxylation sites is 1. The zero-order valence-corrected chi connectivity index (χ0v) is 17.4. The summed E-state index contributed by atoms with van der Waals surface area (Å²) in [5.74, 6) is 0.753. The molecule has 1 heterocycles. The highest BCUT2D eigenvalue weighted by atomic mass is 32.2. The van der Waals surface area contributed by atoms with E-state index < -0.39 is 0 Å². The first-order valence-corrected chi connectivity index (χ1v) is 11.0. The molecule has 0 bridgehead atoms. The first-order chi connectivity index (χ1) is 13.2. The van der Waals surface area contributed by atoms with E-state index in [9.17, 15) is 4.79 Å². The van der Waals surface area contributed by atoms with Crippen molar-refractivity contribution in [3.63, 3.8) is 0 Å². The number of rotatable bonds is 8. The van der Waals surface area contributed by atoms with Gasteiger partial charge in [-0.3, -0.25) is 4.79 Å². The average Bonchev–Trinajstić information content (AvgIpc) is 3.13. The minimum atomic E-state index is -0.241. The number of thioether (sulfide) groups is 1. The lowest BCUT2D eigenvalue weighted by molar-refractivity contribution is -0.120. The standard InChI is InChI=1S/C19H26N4O2S2/c1-13(17(24)20-12-14-8-6-7-11-16(14)25-2)26-19-23-22-18(27-19)21-15-9-4-3-5-10-15/h6-8,11,13,15H,3-5,9-10,12H2,1-2H3,(H,20,24)(H,21,22). The molecule has 27 heavy (non-hydrogen) atoms. The number of hydrogen-bond acceptors (Lipinski definition) is 7. The maximum absolute atomic E-state index is 12.4. The van der Waals surface area contributed by atoms with Crippen LogP contribution in [0.5, 0.6) is 5.75 Å². The normalized spacial score (nSPS) is 15.9. The smallest absolute Gasteiger partial charge is 0.233 e. The predicted octanol–water partition coefficient (Wildman–Crippen LogP) is 4.09. The Balaban J connectivity index is 1.48. The van der Waals surface area contributed by atoms with E-state index in [1.165, 1.54) is 55.2 Å². The van der Waals surface area contributed by atoms with Crippen molar-refractivity contribution in [2.24, 2.45) is 0 Å². The number of methoxy groups -OCH3 is 1. The number of anilines is 1. The highest BCUT2D eigenvalue weighted by Gasteiger charge is 2.19. The fraction of sp³-hybridized carbons (Fsp3) is 0.526. The van der Waals surface area contributed by atoms with Crippen LogP contribution in [0.15, 0.2) is 28.6 Å². The van der Waals surface area contributed by atoms with Gasteiger partial charge < -0.3 is 15.4 Å². The zero-order chi connectivity index (χ0) is 19.1. The molecule has 1 atom stereocenters. The van der Waals surface area contributed by atoms with E-state index in [2.05, 4.69) is 20.8 Å². The topological polar surface area (TPSA) is 76.1 Å². The van der Waals surface area contributed by atoms with Crippen molar-refractivity contribution in [3.8, 4) is 5.75 Å². The molecule has 6 nitrogen and oxygen atoms in total. The molecule has 146 valence electrons. The van der Waals surface area contributed by atoms with Gasteiger partial charge >= 0.3 is 0 Å². The van der Waals surface area contributed by atoms with Crippen LogP contribution in [0, 0.1) is 0 Å². The van der Waals surface area contributed by atoms with Gasteiger partial charge in [0.15, 0.2) is 4.34 Å². The first-order valence-electron chi connectivity index (χ1n) is 9.32. The lowest BCUT2D eigenvalue weighted by atomic mass is 9.96. The highest BCUT2D eigenvalue weighted by Crippen LogP contribution is 2.30. The first kappa shape index (κ1) is 19.9. The Kier molecular flexibility index (Phi) is 7.34. The third-order valence-electron chi connectivity index (χ3n) is 4.63. The average molecular weight is 407 g/mol. The molecular formula is C19H26N4O2S2. The van der Waals surface area contributed by atoms with Crippen LogP contribution in [0.4, 0.5) is 5.13 Å². The third-order valence-corrected chi connectivity index (χ3v) is 6.67. The van der Waals surface area contributed by atoms with Gasteiger partial charge in [0, 0.05) is 18.2 Å². The van der Waals surface area contributed by atoms with Gasteiger partial charge in [0.25, 0.3) is 0 Å². The summed E-state index contributed by atoms with van der Waals surface area (Å²) >= 11 is 2.96. The Morgan fingerprint density at radius 2 is 2.07 bits per heavy atom. The van der Waals surface area contributed by atoms with Crippen LogP contribution in [0.25, 0.3) is 0 Å². The SMILES string of the molecule is COc1ccccc1CNC(=O)C(C)Sc1nnc(NC2CCCCC2)s1. The van der Waals surface area contributed by atoms with Gasteiger partial charge in [-0.05, 0) is 25.8 Å². The maximum Gasteiger partial charge on any atom is 0.233 e. The second kappa shape index (κ2) is 9.94. The third kappa shape index (κ3) is 5.84. The summed E-state index contributed by atoms with van der Waals surface area (Å²) in [6.45, 7) is 2.33. The molecule has 0 radical (unpaired) electrons. The Hall–Kier alpha value is -1.80. The Morgan fingerprint density at radius 3 is 2.85 bits per heavy atom. The Bertz CT molecular complexity index is 747. The highest BCUT2D eigenvalue weighted by molar-refractivity contribution is 8.02. The summed E-state index contributed by atoms with van der Waals surface area (Å²) in [6.07, 6.45) is 6.29. The van der Waals surface area contributed by atoms with Gasteiger partial charge in [-0.2, -0.15) is 0 Å². The summed E-state index contributed by atoms with van der Waals surface area (Å²) in [6, 6.07) is 8.19. The number of benzene rings is 1. The molecule has 0 aliphatic heterocycles. The summed E-state index contributed by atoms with van der Waals surface area (Å²) in [7, 11) is 1.63. The van der Waals surface area contributed by atoms with Crippen molar-refractivity contribution in [1.82, 2.24) is 15.5 Å². The lowest BCUT2D eigenvalue weighted by Crippen LogP contribution is -2.30. The molecule has 3 rings (SSSR count). The number of amides is 1. The van der Waals surface area contributed by atoms with Crippen molar-refractivity contribution < 1.29 is 9.53 Å². The van der Waals surface area contributed by atoms with E-state index in [1.807, 2.05) is 31.2 Å². The van der Waals surface area contributed by atoms with Crippen molar-refractivity contribution in [2.45, 2.75) is 61.2 Å². The second-order valence-corrected chi connectivity index (χ2v) is 9.21. The fourth-order valence-corrected chi connectivity index (χ4v) is 5.11. The molecule has 0 spiro atoms. The lowest BCUT2D eigenvalue weighted by Gasteiger charge is -2.21. The minimum absolute atomic E-state index is 0.0251. The second-order valence-electron chi connectivity index (χ2n) is 6.64. The van der Waals surface area contributed by atoms with E-state index in [-0.39, 0.29) is 11.2 Å². The molecule has 1 aliphatic carbocycles. The zero-order valence-electron chi connectivity index (χ0n) is 15.7. The van der Waals surface area contributed by atoms with Crippen molar-refractivity contribution in [1.29, 1.82) is 0 Å². The number of carbonyl (C=O) groups is 1. The minimum Gasteiger partial charge on any atom is -0.496 e. The molecule has 2 aromatic rings. The van der Waals surface area contributed by atoms with Gasteiger partial charge in [-0.1, -0.05) is 60.6 Å². The Labute approximate surface area is 168 Å².